The van der Waals surface area contributed by atoms with E-state index < -0.39 is 0 Å². The molecule has 3 heteroatoms. The van der Waals surface area contributed by atoms with Crippen molar-refractivity contribution >= 4 is 70.4 Å². The van der Waals surface area contributed by atoms with Crippen LogP contribution < -0.4 is 4.90 Å². The molecule has 0 saturated carbocycles. The van der Waals surface area contributed by atoms with Crippen LogP contribution in [-0.4, -0.2) is 4.57 Å². The molecule has 0 bridgehead atoms. The summed E-state index contributed by atoms with van der Waals surface area (Å²) in [5, 5.41) is 5.11. The Hall–Kier alpha value is -7.98. The molecule has 0 unspecified atom stereocenters. The molecule has 0 saturated heterocycles. The third-order valence-corrected chi connectivity index (χ3v) is 13.5. The zero-order valence-corrected chi connectivity index (χ0v) is 35.2. The number of benzene rings is 10. The molecule has 12 rings (SSSR count). The molecule has 63 heavy (non-hydrogen) atoms. The van der Waals surface area contributed by atoms with Crippen molar-refractivity contribution in [1.82, 2.24) is 4.57 Å². The van der Waals surface area contributed by atoms with E-state index in [1.807, 2.05) is 11.3 Å². The van der Waals surface area contributed by atoms with Crippen molar-refractivity contribution in [3.05, 3.63) is 243 Å². The van der Waals surface area contributed by atoms with E-state index in [-0.39, 0.29) is 0 Å². The standard InChI is InChI=1S/C60H40N2S/c1-3-16-41(17-4-1)43-32-36-47(37-33-43)61(48-38-34-44(35-39-48)42-18-5-2-6-19-42)53-26-10-7-22-49(53)45-20-13-21-46(40-45)50-25-14-28-55-59(50)51-23-8-11-27-54(51)62(55)56-29-15-31-58-60(56)52-24-9-12-30-57(52)63-58/h1-40H. The average Bonchev–Trinajstić information content (AvgIpc) is 3.92. The van der Waals surface area contributed by atoms with Gasteiger partial charge in [-0.25, -0.2) is 0 Å². The van der Waals surface area contributed by atoms with E-state index in [4.69, 9.17) is 0 Å². The van der Waals surface area contributed by atoms with E-state index in [9.17, 15) is 0 Å². The summed E-state index contributed by atoms with van der Waals surface area (Å²) in [6.07, 6.45) is 0. The van der Waals surface area contributed by atoms with Gasteiger partial charge in [-0.3, -0.25) is 0 Å². The van der Waals surface area contributed by atoms with Crippen LogP contribution in [0.25, 0.3) is 92.2 Å². The average molecular weight is 821 g/mol. The maximum atomic E-state index is 2.48. The van der Waals surface area contributed by atoms with Crippen LogP contribution in [0, 0.1) is 0 Å². The molecule has 0 fully saturated rings. The normalized spacial score (nSPS) is 11.5. The second-order valence-electron chi connectivity index (χ2n) is 16.1. The first-order valence-corrected chi connectivity index (χ1v) is 22.3. The van der Waals surface area contributed by atoms with Crippen molar-refractivity contribution in [2.24, 2.45) is 0 Å². The summed E-state index contributed by atoms with van der Waals surface area (Å²) in [6, 6.07) is 88.3. The fraction of sp³-hybridized carbons (Fsp3) is 0. The van der Waals surface area contributed by atoms with E-state index >= 15 is 0 Å². The quantitative estimate of drug-likeness (QED) is 0.148. The van der Waals surface area contributed by atoms with Gasteiger partial charge in [0.05, 0.1) is 22.4 Å². The molecule has 2 heterocycles. The maximum Gasteiger partial charge on any atom is 0.0555 e. The zero-order valence-electron chi connectivity index (χ0n) is 34.4. The van der Waals surface area contributed by atoms with Gasteiger partial charge in [-0.05, 0) is 106 Å². The summed E-state index contributed by atoms with van der Waals surface area (Å²) in [7, 11) is 0. The summed E-state index contributed by atoms with van der Waals surface area (Å²) in [5.74, 6) is 0. The van der Waals surface area contributed by atoms with Gasteiger partial charge >= 0.3 is 0 Å². The topological polar surface area (TPSA) is 8.17 Å². The number of fused-ring (bicyclic) bond motifs is 6. The van der Waals surface area contributed by atoms with Gasteiger partial charge in [-0.2, -0.15) is 0 Å². The second-order valence-corrected chi connectivity index (χ2v) is 17.1. The lowest BCUT2D eigenvalue weighted by Gasteiger charge is -2.28. The highest BCUT2D eigenvalue weighted by Gasteiger charge is 2.21. The SMILES string of the molecule is c1ccc(-c2ccc(N(c3ccc(-c4ccccc4)cc3)c3ccccc3-c3cccc(-c4cccc5c4c4ccccc4n5-c4cccc5sc6ccccc6c45)c3)cc2)cc1. The highest BCUT2D eigenvalue weighted by molar-refractivity contribution is 7.25. The van der Waals surface area contributed by atoms with Gasteiger partial charge in [0.15, 0.2) is 0 Å². The van der Waals surface area contributed by atoms with Crippen LogP contribution in [0.4, 0.5) is 17.1 Å². The minimum absolute atomic E-state index is 1.09. The Balaban J connectivity index is 1.01. The Morgan fingerprint density at radius 2 is 0.810 bits per heavy atom. The van der Waals surface area contributed by atoms with Crippen LogP contribution in [-0.2, 0) is 0 Å². The van der Waals surface area contributed by atoms with Gasteiger partial charge in [0, 0.05) is 47.9 Å². The molecular formula is C60H40N2S. The van der Waals surface area contributed by atoms with Crippen molar-refractivity contribution in [2.45, 2.75) is 0 Å². The Kier molecular flexibility index (Phi) is 9.06. The molecule has 0 radical (unpaired) electrons. The lowest BCUT2D eigenvalue weighted by molar-refractivity contribution is 1.20. The van der Waals surface area contributed by atoms with Crippen LogP contribution in [0.3, 0.4) is 0 Å². The van der Waals surface area contributed by atoms with Crippen molar-refractivity contribution in [3.63, 3.8) is 0 Å². The van der Waals surface area contributed by atoms with Crippen molar-refractivity contribution in [3.8, 4) is 50.2 Å². The highest BCUT2D eigenvalue weighted by atomic mass is 32.1. The van der Waals surface area contributed by atoms with Gasteiger partial charge in [-0.1, -0.05) is 176 Å². The third kappa shape index (κ3) is 6.41. The van der Waals surface area contributed by atoms with Crippen LogP contribution in [0.2, 0.25) is 0 Å². The Morgan fingerprint density at radius 1 is 0.317 bits per heavy atom. The number of para-hydroxylation sites is 2. The summed E-state index contributed by atoms with van der Waals surface area (Å²) >= 11 is 1.87. The van der Waals surface area contributed by atoms with Crippen molar-refractivity contribution < 1.29 is 0 Å². The Bertz CT molecular complexity index is 3520. The molecule has 0 amide bonds. The summed E-state index contributed by atoms with van der Waals surface area (Å²) in [5.41, 5.74) is 16.4. The number of hydrogen-bond donors (Lipinski definition) is 0. The number of thiophene rings is 1. The predicted octanol–water partition coefficient (Wildman–Crippen LogP) is 17.3. The van der Waals surface area contributed by atoms with E-state index in [0.29, 0.717) is 0 Å². The summed E-state index contributed by atoms with van der Waals surface area (Å²) in [4.78, 5) is 2.40. The maximum absolute atomic E-state index is 2.48. The Labute approximate surface area is 370 Å². The van der Waals surface area contributed by atoms with Gasteiger partial charge in [-0.15, -0.1) is 11.3 Å². The fourth-order valence-corrected chi connectivity index (χ4v) is 10.6. The molecule has 296 valence electrons. The number of rotatable bonds is 8. The first kappa shape index (κ1) is 36.8. The van der Waals surface area contributed by atoms with E-state index in [0.717, 1.165) is 28.2 Å². The molecule has 2 aromatic heterocycles. The van der Waals surface area contributed by atoms with E-state index in [1.54, 1.807) is 0 Å². The first-order chi connectivity index (χ1) is 31.3. The summed E-state index contributed by atoms with van der Waals surface area (Å²) in [6.45, 7) is 0. The molecule has 10 aromatic carbocycles. The zero-order chi connectivity index (χ0) is 41.7. The number of anilines is 3. The second kappa shape index (κ2) is 15.5. The van der Waals surface area contributed by atoms with Crippen molar-refractivity contribution in [2.75, 3.05) is 4.90 Å². The van der Waals surface area contributed by atoms with Gasteiger partial charge in [0.1, 0.15) is 0 Å². The smallest absolute Gasteiger partial charge is 0.0555 e. The molecular weight excluding hydrogens is 781 g/mol. The molecule has 0 spiro atoms. The van der Waals surface area contributed by atoms with Crippen LogP contribution >= 0.6 is 11.3 Å². The number of aromatic nitrogens is 1. The largest absolute Gasteiger partial charge is 0.310 e. The van der Waals surface area contributed by atoms with Gasteiger partial charge < -0.3 is 9.47 Å². The van der Waals surface area contributed by atoms with E-state index in [1.165, 1.54) is 81.0 Å². The summed E-state index contributed by atoms with van der Waals surface area (Å²) < 4.78 is 5.10. The fourth-order valence-electron chi connectivity index (χ4n) is 9.52. The molecule has 0 aliphatic carbocycles. The first-order valence-electron chi connectivity index (χ1n) is 21.5. The van der Waals surface area contributed by atoms with Crippen LogP contribution in [0.5, 0.6) is 0 Å². The molecule has 0 N–H and O–H groups in total. The number of nitrogens with zero attached hydrogens (tertiary/aromatic N) is 2. The molecule has 0 atom stereocenters. The van der Waals surface area contributed by atoms with E-state index in [2.05, 4.69) is 252 Å². The minimum atomic E-state index is 1.09. The number of hydrogen-bond acceptors (Lipinski definition) is 2. The third-order valence-electron chi connectivity index (χ3n) is 12.4. The molecule has 2 nitrogen and oxygen atoms in total. The minimum Gasteiger partial charge on any atom is -0.310 e. The highest BCUT2D eigenvalue weighted by Crippen LogP contribution is 2.45. The van der Waals surface area contributed by atoms with Gasteiger partial charge in [0.25, 0.3) is 0 Å². The van der Waals surface area contributed by atoms with Gasteiger partial charge in [0.2, 0.25) is 0 Å². The van der Waals surface area contributed by atoms with Crippen LogP contribution in [0.15, 0.2) is 243 Å². The molecule has 12 aromatic rings. The predicted molar refractivity (Wildman–Crippen MR) is 270 cm³/mol. The van der Waals surface area contributed by atoms with Crippen molar-refractivity contribution in [1.29, 1.82) is 0 Å². The Morgan fingerprint density at radius 3 is 1.52 bits per heavy atom. The lowest BCUT2D eigenvalue weighted by atomic mass is 9.94. The lowest BCUT2D eigenvalue weighted by Crippen LogP contribution is -2.11. The van der Waals surface area contributed by atoms with Crippen LogP contribution in [0.1, 0.15) is 0 Å². The molecule has 0 aliphatic rings. The monoisotopic (exact) mass is 820 g/mol. The molecule has 0 aliphatic heterocycles.